The van der Waals surface area contributed by atoms with Crippen molar-refractivity contribution in [2.24, 2.45) is 0 Å². The van der Waals surface area contributed by atoms with Crippen LogP contribution in [-0.2, 0) is 0 Å². The summed E-state index contributed by atoms with van der Waals surface area (Å²) in [6.45, 7) is 0.260. The zero-order chi connectivity index (χ0) is 14.5. The molecule has 0 aliphatic heterocycles. The van der Waals surface area contributed by atoms with Crippen LogP contribution in [0.5, 0.6) is 0 Å². The number of aliphatic hydroxyl groups excluding tert-OH is 1. The first-order valence-corrected chi connectivity index (χ1v) is 6.89. The Morgan fingerprint density at radius 3 is 2.90 bits per heavy atom. The fourth-order valence-corrected chi connectivity index (χ4v) is 2.44. The Kier molecular flexibility index (Phi) is 4.99. The van der Waals surface area contributed by atoms with E-state index in [1.54, 1.807) is 12.1 Å². The van der Waals surface area contributed by atoms with Crippen LogP contribution in [0.3, 0.4) is 0 Å². The number of nitrogens with one attached hydrogen (secondary N) is 1. The lowest BCUT2D eigenvalue weighted by atomic mass is 10.3. The highest BCUT2D eigenvalue weighted by molar-refractivity contribution is 7.99. The number of nitrogens with two attached hydrogens (primary N) is 1. The molecule has 0 amide bonds. The lowest BCUT2D eigenvalue weighted by molar-refractivity contribution is 0.311. The van der Waals surface area contributed by atoms with Crippen molar-refractivity contribution in [1.82, 2.24) is 9.97 Å². The second-order valence-corrected chi connectivity index (χ2v) is 5.29. The minimum Gasteiger partial charge on any atom is -0.395 e. The van der Waals surface area contributed by atoms with Gasteiger partial charge in [-0.2, -0.15) is 4.98 Å². The fraction of sp³-hybridized carbons (Fsp3) is 0.167. The maximum Gasteiger partial charge on any atom is 0.221 e. The van der Waals surface area contributed by atoms with E-state index in [-0.39, 0.29) is 12.6 Å². The van der Waals surface area contributed by atoms with E-state index in [4.69, 9.17) is 22.4 Å². The number of rotatable bonds is 5. The SMILES string of the molecule is Nc1ncc(Sc2ccc(Cl)cc2F)c(NCCO)n1. The highest BCUT2D eigenvalue weighted by Crippen LogP contribution is 2.34. The van der Waals surface area contributed by atoms with Crippen molar-refractivity contribution in [2.45, 2.75) is 9.79 Å². The van der Waals surface area contributed by atoms with Gasteiger partial charge in [0, 0.05) is 22.7 Å². The minimum absolute atomic E-state index is 0.0523. The topological polar surface area (TPSA) is 84.1 Å². The molecule has 0 spiro atoms. The monoisotopic (exact) mass is 314 g/mol. The van der Waals surface area contributed by atoms with Crippen molar-refractivity contribution in [3.63, 3.8) is 0 Å². The number of aromatic nitrogens is 2. The normalized spacial score (nSPS) is 10.6. The molecule has 0 fully saturated rings. The predicted molar refractivity (Wildman–Crippen MR) is 77.6 cm³/mol. The van der Waals surface area contributed by atoms with Crippen LogP contribution in [0.15, 0.2) is 34.2 Å². The van der Waals surface area contributed by atoms with Gasteiger partial charge < -0.3 is 16.2 Å². The predicted octanol–water partition coefficient (Wildman–Crippen LogP) is 2.41. The summed E-state index contributed by atoms with van der Waals surface area (Å²) >= 11 is 6.86. The summed E-state index contributed by atoms with van der Waals surface area (Å²) < 4.78 is 13.8. The van der Waals surface area contributed by atoms with E-state index in [1.165, 1.54) is 12.3 Å². The van der Waals surface area contributed by atoms with Gasteiger partial charge in [-0.25, -0.2) is 9.37 Å². The van der Waals surface area contributed by atoms with Crippen LogP contribution in [0.4, 0.5) is 16.2 Å². The Hall–Kier alpha value is -1.57. The van der Waals surface area contributed by atoms with E-state index in [0.717, 1.165) is 11.8 Å². The summed E-state index contributed by atoms with van der Waals surface area (Å²) in [5, 5.41) is 12.1. The molecule has 20 heavy (non-hydrogen) atoms. The van der Waals surface area contributed by atoms with Crippen LogP contribution in [0.2, 0.25) is 5.02 Å². The van der Waals surface area contributed by atoms with Crippen LogP contribution in [-0.4, -0.2) is 28.2 Å². The number of benzene rings is 1. The van der Waals surface area contributed by atoms with Crippen LogP contribution < -0.4 is 11.1 Å². The van der Waals surface area contributed by atoms with Crippen molar-refractivity contribution >= 4 is 35.1 Å². The molecule has 1 heterocycles. The van der Waals surface area contributed by atoms with Gasteiger partial charge in [0.05, 0.1) is 11.5 Å². The molecular formula is C12H12ClFN4OS. The Labute approximate surface area is 124 Å². The minimum atomic E-state index is -0.424. The second kappa shape index (κ2) is 6.74. The van der Waals surface area contributed by atoms with E-state index in [2.05, 4.69) is 15.3 Å². The van der Waals surface area contributed by atoms with Gasteiger partial charge in [0.15, 0.2) is 0 Å². The molecule has 4 N–H and O–H groups in total. The summed E-state index contributed by atoms with van der Waals surface area (Å²) in [6.07, 6.45) is 1.50. The molecule has 0 saturated heterocycles. The molecule has 0 aliphatic rings. The molecule has 8 heteroatoms. The number of hydrogen-bond acceptors (Lipinski definition) is 6. The number of aliphatic hydroxyl groups is 1. The van der Waals surface area contributed by atoms with Crippen molar-refractivity contribution in [2.75, 3.05) is 24.2 Å². The Bertz CT molecular complexity index is 614. The lowest BCUT2D eigenvalue weighted by Gasteiger charge is -2.10. The summed E-state index contributed by atoms with van der Waals surface area (Å²) in [5.74, 6) is 0.129. The number of anilines is 2. The van der Waals surface area contributed by atoms with Crippen molar-refractivity contribution in [1.29, 1.82) is 0 Å². The molecule has 2 rings (SSSR count). The van der Waals surface area contributed by atoms with Gasteiger partial charge in [-0.15, -0.1) is 0 Å². The first kappa shape index (κ1) is 14.8. The standard InChI is InChI=1S/C12H12ClFN4OS/c13-7-1-2-9(8(14)5-7)20-10-6-17-12(15)18-11(10)16-3-4-19/h1-2,5-6,19H,3-4H2,(H3,15,16,17,18). The third-order valence-corrected chi connectivity index (χ3v) is 3.60. The maximum absolute atomic E-state index is 13.8. The number of nitrogen functional groups attached to an aromatic ring is 1. The first-order valence-electron chi connectivity index (χ1n) is 5.70. The molecule has 0 aliphatic carbocycles. The number of halogens is 2. The van der Waals surface area contributed by atoms with Crippen LogP contribution in [0.25, 0.3) is 0 Å². The molecule has 1 aromatic heterocycles. The smallest absolute Gasteiger partial charge is 0.221 e. The second-order valence-electron chi connectivity index (χ2n) is 3.77. The van der Waals surface area contributed by atoms with Crippen molar-refractivity contribution < 1.29 is 9.50 Å². The van der Waals surface area contributed by atoms with Crippen molar-refractivity contribution in [3.8, 4) is 0 Å². The zero-order valence-corrected chi connectivity index (χ0v) is 11.9. The average molecular weight is 315 g/mol. The highest BCUT2D eigenvalue weighted by Gasteiger charge is 2.11. The quantitative estimate of drug-likeness (QED) is 0.786. The largest absolute Gasteiger partial charge is 0.395 e. The number of nitrogens with zero attached hydrogens (tertiary/aromatic N) is 2. The Morgan fingerprint density at radius 1 is 1.40 bits per heavy atom. The van der Waals surface area contributed by atoms with Gasteiger partial charge >= 0.3 is 0 Å². The average Bonchev–Trinajstić information content (AvgIpc) is 2.41. The van der Waals surface area contributed by atoms with Gasteiger partial charge in [-0.1, -0.05) is 23.4 Å². The molecule has 5 nitrogen and oxygen atoms in total. The Morgan fingerprint density at radius 2 is 2.20 bits per heavy atom. The summed E-state index contributed by atoms with van der Waals surface area (Å²) in [5.41, 5.74) is 5.52. The molecular weight excluding hydrogens is 303 g/mol. The first-order chi connectivity index (χ1) is 9.60. The molecule has 0 radical (unpaired) electrons. The summed E-state index contributed by atoms with van der Waals surface area (Å²) in [6, 6.07) is 4.42. The molecule has 1 aromatic carbocycles. The number of hydrogen-bond donors (Lipinski definition) is 3. The van der Waals surface area contributed by atoms with E-state index in [1.807, 2.05) is 0 Å². The van der Waals surface area contributed by atoms with Gasteiger partial charge in [0.25, 0.3) is 0 Å². The van der Waals surface area contributed by atoms with E-state index >= 15 is 0 Å². The van der Waals surface area contributed by atoms with Gasteiger partial charge in [0.2, 0.25) is 5.95 Å². The molecule has 0 atom stereocenters. The van der Waals surface area contributed by atoms with Crippen molar-refractivity contribution in [3.05, 3.63) is 35.2 Å². The third kappa shape index (κ3) is 3.72. The van der Waals surface area contributed by atoms with Gasteiger partial charge in [-0.05, 0) is 18.2 Å². The molecule has 0 saturated carbocycles. The third-order valence-electron chi connectivity index (χ3n) is 2.29. The van der Waals surface area contributed by atoms with E-state index in [9.17, 15) is 4.39 Å². The Balaban J connectivity index is 2.27. The van der Waals surface area contributed by atoms with Crippen LogP contribution >= 0.6 is 23.4 Å². The maximum atomic E-state index is 13.8. The molecule has 106 valence electrons. The van der Waals surface area contributed by atoms with E-state index < -0.39 is 5.82 Å². The molecule has 2 aromatic rings. The summed E-state index contributed by atoms with van der Waals surface area (Å²) in [7, 11) is 0. The van der Waals surface area contributed by atoms with Crippen LogP contribution in [0, 0.1) is 5.82 Å². The van der Waals surface area contributed by atoms with Crippen LogP contribution in [0.1, 0.15) is 0 Å². The lowest BCUT2D eigenvalue weighted by Crippen LogP contribution is -2.09. The molecule has 0 bridgehead atoms. The van der Waals surface area contributed by atoms with Gasteiger partial charge in [0.1, 0.15) is 11.6 Å². The fourth-order valence-electron chi connectivity index (χ4n) is 1.44. The van der Waals surface area contributed by atoms with E-state index in [0.29, 0.717) is 27.2 Å². The molecule has 0 unspecified atom stereocenters. The highest BCUT2D eigenvalue weighted by atomic mass is 35.5. The zero-order valence-electron chi connectivity index (χ0n) is 10.3. The van der Waals surface area contributed by atoms with Gasteiger partial charge in [-0.3, -0.25) is 0 Å². The summed E-state index contributed by atoms with van der Waals surface area (Å²) in [4.78, 5) is 8.92.